The van der Waals surface area contributed by atoms with Gasteiger partial charge in [0.25, 0.3) is 0 Å². The van der Waals surface area contributed by atoms with Crippen LogP contribution in [-0.4, -0.2) is 62.2 Å². The highest BCUT2D eigenvalue weighted by Gasteiger charge is 2.08. The molecule has 0 saturated carbocycles. The zero-order valence-corrected chi connectivity index (χ0v) is 32.7. The summed E-state index contributed by atoms with van der Waals surface area (Å²) in [5.74, 6) is 0. The van der Waals surface area contributed by atoms with E-state index in [9.17, 15) is 0 Å². The zero-order chi connectivity index (χ0) is 34.8. The summed E-state index contributed by atoms with van der Waals surface area (Å²) in [5, 5.41) is 7.41. The summed E-state index contributed by atoms with van der Waals surface area (Å²) in [7, 11) is 0. The van der Waals surface area contributed by atoms with Gasteiger partial charge in [-0.15, -0.1) is 0 Å². The number of hydrogen-bond acceptors (Lipinski definition) is 4. The van der Waals surface area contributed by atoms with Crippen LogP contribution in [-0.2, 0) is 13.1 Å². The van der Waals surface area contributed by atoms with Crippen molar-refractivity contribution >= 4 is 0 Å². The van der Waals surface area contributed by atoms with Gasteiger partial charge in [-0.05, 0) is 115 Å². The molecule has 4 heteroatoms. The van der Waals surface area contributed by atoms with E-state index in [1.807, 2.05) is 0 Å². The fraction of sp³-hybridized carbons (Fsp3) is 0.739. The van der Waals surface area contributed by atoms with Crippen LogP contribution >= 0.6 is 0 Å². The lowest BCUT2D eigenvalue weighted by Gasteiger charge is -2.23. The van der Waals surface area contributed by atoms with Crippen LogP contribution in [0.1, 0.15) is 165 Å². The Morgan fingerprint density at radius 2 is 0.540 bits per heavy atom. The summed E-state index contributed by atoms with van der Waals surface area (Å²) in [6, 6.07) is 22.3. The molecule has 1 aliphatic heterocycles. The SMILES string of the molecule is c1ccc(CN2CCCCCCCCNCCCCCCCCNCCCCCCCCN(Cc3ccccc3)CCCCCCCC2)cc1. The molecule has 0 aliphatic carbocycles. The van der Waals surface area contributed by atoms with Crippen molar-refractivity contribution in [2.75, 3.05) is 52.4 Å². The Morgan fingerprint density at radius 1 is 0.300 bits per heavy atom. The molecule has 0 bridgehead atoms. The third-order valence-corrected chi connectivity index (χ3v) is 10.8. The van der Waals surface area contributed by atoms with Crippen molar-refractivity contribution in [1.29, 1.82) is 0 Å². The van der Waals surface area contributed by atoms with Crippen LogP contribution in [0.25, 0.3) is 0 Å². The maximum Gasteiger partial charge on any atom is 0.0233 e. The van der Waals surface area contributed by atoms with Gasteiger partial charge in [0.1, 0.15) is 0 Å². The third kappa shape index (κ3) is 24.5. The Morgan fingerprint density at radius 3 is 0.820 bits per heavy atom. The number of hydrogen-bond donors (Lipinski definition) is 2. The van der Waals surface area contributed by atoms with Crippen LogP contribution < -0.4 is 10.6 Å². The van der Waals surface area contributed by atoms with Crippen LogP contribution in [0.3, 0.4) is 0 Å². The van der Waals surface area contributed by atoms with E-state index >= 15 is 0 Å². The summed E-state index contributed by atoms with van der Waals surface area (Å²) < 4.78 is 0. The van der Waals surface area contributed by atoms with E-state index in [0.29, 0.717) is 0 Å². The van der Waals surface area contributed by atoms with Gasteiger partial charge in [-0.3, -0.25) is 9.80 Å². The highest BCUT2D eigenvalue weighted by Crippen LogP contribution is 2.14. The lowest BCUT2D eigenvalue weighted by atomic mass is 10.1. The molecule has 2 aromatic rings. The molecule has 1 heterocycles. The van der Waals surface area contributed by atoms with Gasteiger partial charge in [0.2, 0.25) is 0 Å². The molecule has 1 saturated heterocycles. The van der Waals surface area contributed by atoms with Crippen LogP contribution in [0.2, 0.25) is 0 Å². The van der Waals surface area contributed by atoms with E-state index in [-0.39, 0.29) is 0 Å². The van der Waals surface area contributed by atoms with Crippen molar-refractivity contribution in [2.24, 2.45) is 0 Å². The topological polar surface area (TPSA) is 30.5 Å². The van der Waals surface area contributed by atoms with E-state index in [0.717, 1.165) is 13.1 Å². The highest BCUT2D eigenvalue weighted by atomic mass is 15.1. The number of rotatable bonds is 4. The van der Waals surface area contributed by atoms with Crippen molar-refractivity contribution in [3.8, 4) is 0 Å². The minimum atomic E-state index is 1.11. The molecule has 0 aromatic heterocycles. The summed E-state index contributed by atoms with van der Waals surface area (Å²) in [5.41, 5.74) is 2.94. The Labute approximate surface area is 311 Å². The summed E-state index contributed by atoms with van der Waals surface area (Å²) in [4.78, 5) is 5.49. The first-order chi connectivity index (χ1) is 24.9. The molecule has 1 fully saturated rings. The van der Waals surface area contributed by atoms with E-state index in [1.165, 1.54) is 218 Å². The molecular weight excluding hydrogens is 609 g/mol. The van der Waals surface area contributed by atoms with Gasteiger partial charge < -0.3 is 10.6 Å². The quantitative estimate of drug-likeness (QED) is 0.335. The molecular formula is C46H80N4. The summed E-state index contributed by atoms with van der Waals surface area (Å²) >= 11 is 0. The third-order valence-electron chi connectivity index (χ3n) is 10.8. The highest BCUT2D eigenvalue weighted by molar-refractivity contribution is 5.15. The Bertz CT molecular complexity index is 887. The van der Waals surface area contributed by atoms with Crippen molar-refractivity contribution in [2.45, 2.75) is 167 Å². The van der Waals surface area contributed by atoms with Crippen LogP contribution in [0.15, 0.2) is 60.7 Å². The monoisotopic (exact) mass is 689 g/mol. The second-order valence-electron chi connectivity index (χ2n) is 15.5. The Kier molecular flexibility index (Phi) is 27.3. The molecule has 0 atom stereocenters. The first-order valence-corrected chi connectivity index (χ1v) is 21.8. The maximum absolute atomic E-state index is 3.70. The molecule has 3 rings (SSSR count). The van der Waals surface area contributed by atoms with Crippen molar-refractivity contribution in [3.05, 3.63) is 71.8 Å². The first-order valence-electron chi connectivity index (χ1n) is 21.8. The standard InChI is InChI=1S/C46H80N4/c1-2-10-24-36-48-38-26-12-4-6-14-28-40-50(44-46-33-21-18-22-34-46)42-30-16-8-7-15-29-41-49(43-45-31-19-17-20-32-45)39-27-13-5-3-11-25-37-47-35-23-9-1/h17-22,31-34,47-48H,1-16,23-30,35-44H2. The molecule has 2 aromatic carbocycles. The van der Waals surface area contributed by atoms with Gasteiger partial charge in [-0.1, -0.05) is 163 Å². The Balaban J connectivity index is 1.37. The second kappa shape index (κ2) is 32.0. The minimum Gasteiger partial charge on any atom is -0.317 e. The number of benzene rings is 2. The molecule has 4 nitrogen and oxygen atoms in total. The summed E-state index contributed by atoms with van der Waals surface area (Å²) in [6.45, 7) is 12.1. The zero-order valence-electron chi connectivity index (χ0n) is 32.7. The van der Waals surface area contributed by atoms with Gasteiger partial charge in [-0.2, -0.15) is 0 Å². The molecule has 50 heavy (non-hydrogen) atoms. The first kappa shape index (κ1) is 42.7. The predicted molar refractivity (Wildman–Crippen MR) is 220 cm³/mol. The number of nitrogens with zero attached hydrogens (tertiary/aromatic N) is 2. The molecule has 0 spiro atoms. The van der Waals surface area contributed by atoms with Crippen molar-refractivity contribution in [3.63, 3.8) is 0 Å². The lowest BCUT2D eigenvalue weighted by Crippen LogP contribution is -2.26. The fourth-order valence-electron chi connectivity index (χ4n) is 7.64. The molecule has 284 valence electrons. The van der Waals surface area contributed by atoms with Crippen LogP contribution in [0, 0.1) is 0 Å². The van der Waals surface area contributed by atoms with Gasteiger partial charge in [0.15, 0.2) is 0 Å². The van der Waals surface area contributed by atoms with E-state index in [2.05, 4.69) is 81.1 Å². The number of nitrogens with one attached hydrogen (secondary N) is 2. The van der Waals surface area contributed by atoms with Gasteiger partial charge in [0, 0.05) is 13.1 Å². The normalized spacial score (nSPS) is 21.3. The summed E-state index contributed by atoms with van der Waals surface area (Å²) in [6.07, 6.45) is 33.1. The Hall–Kier alpha value is -1.72. The van der Waals surface area contributed by atoms with Crippen LogP contribution in [0.4, 0.5) is 0 Å². The predicted octanol–water partition coefficient (Wildman–Crippen LogP) is 11.5. The molecule has 1 aliphatic rings. The van der Waals surface area contributed by atoms with Crippen molar-refractivity contribution < 1.29 is 0 Å². The van der Waals surface area contributed by atoms with E-state index in [4.69, 9.17) is 0 Å². The van der Waals surface area contributed by atoms with Crippen molar-refractivity contribution in [1.82, 2.24) is 20.4 Å². The average Bonchev–Trinajstić information content (AvgIpc) is 3.14. The second-order valence-corrected chi connectivity index (χ2v) is 15.5. The van der Waals surface area contributed by atoms with Gasteiger partial charge in [0.05, 0.1) is 0 Å². The molecule has 0 amide bonds. The van der Waals surface area contributed by atoms with E-state index < -0.39 is 0 Å². The van der Waals surface area contributed by atoms with Crippen LogP contribution in [0.5, 0.6) is 0 Å². The maximum atomic E-state index is 3.70. The fourth-order valence-corrected chi connectivity index (χ4v) is 7.64. The minimum absolute atomic E-state index is 1.11. The average molecular weight is 689 g/mol. The van der Waals surface area contributed by atoms with E-state index in [1.54, 1.807) is 0 Å². The molecule has 0 radical (unpaired) electrons. The lowest BCUT2D eigenvalue weighted by molar-refractivity contribution is 0.248. The molecule has 2 N–H and O–H groups in total. The smallest absolute Gasteiger partial charge is 0.0233 e. The van der Waals surface area contributed by atoms with Gasteiger partial charge in [-0.25, -0.2) is 0 Å². The molecule has 0 unspecified atom stereocenters. The van der Waals surface area contributed by atoms with Gasteiger partial charge >= 0.3 is 0 Å². The largest absolute Gasteiger partial charge is 0.317 e.